The number of morpholine rings is 1. The van der Waals surface area contributed by atoms with Crippen LogP contribution in [0.25, 0.3) is 0 Å². The summed E-state index contributed by atoms with van der Waals surface area (Å²) in [6.07, 6.45) is 4.22. The molecule has 1 saturated heterocycles. The lowest BCUT2D eigenvalue weighted by Crippen LogP contribution is -2.53. The van der Waals surface area contributed by atoms with Gasteiger partial charge in [0.25, 0.3) is 0 Å². The summed E-state index contributed by atoms with van der Waals surface area (Å²) in [4.78, 5) is 3.59. The van der Waals surface area contributed by atoms with Gasteiger partial charge in [-0.15, -0.1) is 11.8 Å². The van der Waals surface area contributed by atoms with Crippen molar-refractivity contribution in [1.29, 1.82) is 0 Å². The zero-order valence-corrected chi connectivity index (χ0v) is 14.3. The average molecular weight is 339 g/mol. The molecule has 1 aliphatic heterocycles. The molecule has 1 heterocycles. The highest BCUT2D eigenvalue weighted by molar-refractivity contribution is 7.99. The third-order valence-electron chi connectivity index (χ3n) is 5.02. The molecular weight excluding hydrogens is 313 g/mol. The molecule has 1 aromatic carbocycles. The van der Waals surface area contributed by atoms with Crippen LogP contribution in [-0.4, -0.2) is 54.2 Å². The maximum Gasteiger partial charge on any atom is 0.123 e. The smallest absolute Gasteiger partial charge is 0.123 e. The number of halogens is 1. The summed E-state index contributed by atoms with van der Waals surface area (Å²) in [6, 6.07) is 7.03. The Morgan fingerprint density at radius 2 is 2.00 bits per heavy atom. The van der Waals surface area contributed by atoms with Gasteiger partial charge in [0.1, 0.15) is 5.82 Å². The van der Waals surface area contributed by atoms with E-state index in [4.69, 9.17) is 4.74 Å². The van der Waals surface area contributed by atoms with E-state index in [0.29, 0.717) is 12.0 Å². The summed E-state index contributed by atoms with van der Waals surface area (Å²) in [5.41, 5.74) is 0. The van der Waals surface area contributed by atoms with Crippen molar-refractivity contribution in [2.45, 2.75) is 42.7 Å². The van der Waals surface area contributed by atoms with E-state index < -0.39 is 0 Å². The first-order valence-corrected chi connectivity index (χ1v) is 9.61. The van der Waals surface area contributed by atoms with Gasteiger partial charge in [0.05, 0.1) is 19.3 Å². The van der Waals surface area contributed by atoms with Gasteiger partial charge in [0, 0.05) is 35.7 Å². The van der Waals surface area contributed by atoms with Gasteiger partial charge in [0.2, 0.25) is 0 Å². The predicted octanol–water partition coefficient (Wildman–Crippen LogP) is 3.17. The molecule has 3 nitrogen and oxygen atoms in total. The summed E-state index contributed by atoms with van der Waals surface area (Å²) >= 11 is 1.76. The molecule has 0 bridgehead atoms. The Morgan fingerprint density at radius 1 is 1.22 bits per heavy atom. The second-order valence-electron chi connectivity index (χ2n) is 6.50. The van der Waals surface area contributed by atoms with Crippen molar-refractivity contribution >= 4 is 11.8 Å². The van der Waals surface area contributed by atoms with Crippen molar-refractivity contribution in [1.82, 2.24) is 4.90 Å². The molecule has 0 aromatic heterocycles. The van der Waals surface area contributed by atoms with Gasteiger partial charge < -0.3 is 9.84 Å². The fourth-order valence-corrected chi connectivity index (χ4v) is 4.62. The Hall–Kier alpha value is -0.620. The molecule has 0 amide bonds. The minimum atomic E-state index is -0.186. The van der Waals surface area contributed by atoms with Crippen LogP contribution < -0.4 is 0 Å². The summed E-state index contributed by atoms with van der Waals surface area (Å²) in [5.74, 6) is 1.14. The number of ether oxygens (including phenoxy) is 1. The van der Waals surface area contributed by atoms with Crippen molar-refractivity contribution in [3.63, 3.8) is 0 Å². The Morgan fingerprint density at radius 3 is 2.78 bits per heavy atom. The number of benzene rings is 1. The van der Waals surface area contributed by atoms with Gasteiger partial charge in [-0.05, 0) is 37.1 Å². The van der Waals surface area contributed by atoms with Gasteiger partial charge in [-0.2, -0.15) is 0 Å². The van der Waals surface area contributed by atoms with Crippen LogP contribution in [0.3, 0.4) is 0 Å². The Labute approximate surface area is 142 Å². The van der Waals surface area contributed by atoms with E-state index in [1.165, 1.54) is 18.6 Å². The van der Waals surface area contributed by atoms with E-state index in [2.05, 4.69) is 4.90 Å². The summed E-state index contributed by atoms with van der Waals surface area (Å²) in [5, 5.41) is 10.3. The first-order valence-electron chi connectivity index (χ1n) is 8.62. The minimum absolute atomic E-state index is 0.178. The molecule has 1 aromatic rings. The SMILES string of the molecule is OC1CCCCC1C1COCCN1CCSc1ccc(F)cc1. The third kappa shape index (κ3) is 4.69. The quantitative estimate of drug-likeness (QED) is 0.835. The maximum atomic E-state index is 12.9. The number of hydrogen-bond donors (Lipinski definition) is 1. The molecule has 3 unspecified atom stereocenters. The largest absolute Gasteiger partial charge is 0.393 e. The van der Waals surface area contributed by atoms with Gasteiger partial charge in [0.15, 0.2) is 0 Å². The van der Waals surface area contributed by atoms with Crippen LogP contribution in [0.15, 0.2) is 29.2 Å². The van der Waals surface area contributed by atoms with Crippen molar-refractivity contribution in [3.05, 3.63) is 30.1 Å². The molecule has 1 N–H and O–H groups in total. The van der Waals surface area contributed by atoms with Crippen LogP contribution in [-0.2, 0) is 4.74 Å². The van der Waals surface area contributed by atoms with Crippen LogP contribution in [0.1, 0.15) is 25.7 Å². The number of aliphatic hydroxyl groups is 1. The number of nitrogens with zero attached hydrogens (tertiary/aromatic N) is 1. The van der Waals surface area contributed by atoms with E-state index in [1.807, 2.05) is 12.1 Å². The maximum absolute atomic E-state index is 12.9. The lowest BCUT2D eigenvalue weighted by Gasteiger charge is -2.43. The van der Waals surface area contributed by atoms with E-state index in [1.54, 1.807) is 11.8 Å². The highest BCUT2D eigenvalue weighted by Gasteiger charge is 2.35. The molecule has 0 spiro atoms. The number of thioether (sulfide) groups is 1. The van der Waals surface area contributed by atoms with Crippen LogP contribution in [0.4, 0.5) is 4.39 Å². The van der Waals surface area contributed by atoms with E-state index in [9.17, 15) is 9.50 Å². The van der Waals surface area contributed by atoms with Crippen molar-refractivity contribution in [2.75, 3.05) is 32.1 Å². The first kappa shape index (κ1) is 17.2. The molecule has 1 saturated carbocycles. The second-order valence-corrected chi connectivity index (χ2v) is 7.66. The summed E-state index contributed by atoms with van der Waals surface area (Å²) in [7, 11) is 0. The fourth-order valence-electron chi connectivity index (χ4n) is 3.73. The minimum Gasteiger partial charge on any atom is -0.393 e. The third-order valence-corrected chi connectivity index (χ3v) is 6.01. The number of aliphatic hydroxyl groups excluding tert-OH is 1. The fraction of sp³-hybridized carbons (Fsp3) is 0.667. The molecule has 23 heavy (non-hydrogen) atoms. The Bertz CT molecular complexity index is 484. The zero-order valence-electron chi connectivity index (χ0n) is 13.5. The van der Waals surface area contributed by atoms with Gasteiger partial charge >= 0.3 is 0 Å². The molecule has 1 aliphatic carbocycles. The number of hydrogen-bond acceptors (Lipinski definition) is 4. The summed E-state index contributed by atoms with van der Waals surface area (Å²) in [6.45, 7) is 3.45. The highest BCUT2D eigenvalue weighted by Crippen LogP contribution is 2.31. The van der Waals surface area contributed by atoms with Crippen molar-refractivity contribution in [3.8, 4) is 0 Å². The van der Waals surface area contributed by atoms with Gasteiger partial charge in [-0.3, -0.25) is 4.90 Å². The van der Waals surface area contributed by atoms with Gasteiger partial charge in [-0.1, -0.05) is 12.8 Å². The van der Waals surface area contributed by atoms with E-state index >= 15 is 0 Å². The lowest BCUT2D eigenvalue weighted by molar-refractivity contribution is -0.0659. The summed E-state index contributed by atoms with van der Waals surface area (Å²) < 4.78 is 18.6. The first-order chi connectivity index (χ1) is 11.2. The zero-order chi connectivity index (χ0) is 16.1. The highest BCUT2D eigenvalue weighted by atomic mass is 32.2. The van der Waals surface area contributed by atoms with E-state index in [-0.39, 0.29) is 11.9 Å². The molecule has 3 rings (SSSR count). The number of rotatable bonds is 5. The van der Waals surface area contributed by atoms with E-state index in [0.717, 1.165) is 56.2 Å². The molecule has 2 fully saturated rings. The molecule has 0 radical (unpaired) electrons. The molecule has 5 heteroatoms. The predicted molar refractivity (Wildman–Crippen MR) is 91.3 cm³/mol. The molecule has 128 valence electrons. The Balaban J connectivity index is 1.53. The molecule has 2 aliphatic rings. The standard InChI is InChI=1S/C18H26FNO2S/c19-14-5-7-15(8-6-14)23-12-10-20-9-11-22-13-17(20)16-3-1-2-4-18(16)21/h5-8,16-18,21H,1-4,9-13H2. The van der Waals surface area contributed by atoms with Crippen LogP contribution in [0, 0.1) is 11.7 Å². The normalized spacial score (nSPS) is 29.6. The Kier molecular flexibility index (Phi) is 6.34. The van der Waals surface area contributed by atoms with Crippen LogP contribution in [0.2, 0.25) is 0 Å². The monoisotopic (exact) mass is 339 g/mol. The second kappa shape index (κ2) is 8.47. The van der Waals surface area contributed by atoms with Gasteiger partial charge in [-0.25, -0.2) is 4.39 Å². The van der Waals surface area contributed by atoms with Crippen molar-refractivity contribution in [2.24, 2.45) is 5.92 Å². The lowest BCUT2D eigenvalue weighted by atomic mass is 9.81. The topological polar surface area (TPSA) is 32.7 Å². The van der Waals surface area contributed by atoms with Crippen molar-refractivity contribution < 1.29 is 14.2 Å². The average Bonchev–Trinajstić information content (AvgIpc) is 2.58. The molecule has 3 atom stereocenters. The van der Waals surface area contributed by atoms with Crippen LogP contribution in [0.5, 0.6) is 0 Å². The van der Waals surface area contributed by atoms with Crippen LogP contribution >= 0.6 is 11.8 Å². The molecular formula is C18H26FNO2S.